The second-order valence-electron chi connectivity index (χ2n) is 5.06. The molecule has 0 bridgehead atoms. The number of esters is 2. The molecule has 0 heterocycles. The highest BCUT2D eigenvalue weighted by Gasteiger charge is 2.44. The molecule has 0 unspecified atom stereocenters. The van der Waals surface area contributed by atoms with Gasteiger partial charge in [-0.1, -0.05) is 0 Å². The molecule has 11 heteroatoms. The average Bonchev–Trinajstić information content (AvgIpc) is 2.56. The fraction of sp³-hybridized carbons (Fsp3) is 0.833. The van der Waals surface area contributed by atoms with E-state index in [9.17, 15) is 23.6 Å². The summed E-state index contributed by atoms with van der Waals surface area (Å²) in [6.45, 7) is -0.734. The maximum atomic E-state index is 13.0. The van der Waals surface area contributed by atoms with Crippen molar-refractivity contribution in [2.45, 2.75) is 30.9 Å². The van der Waals surface area contributed by atoms with Crippen molar-refractivity contribution in [3.63, 3.8) is 0 Å². The lowest BCUT2D eigenvalue weighted by molar-refractivity contribution is -0.777. The van der Waals surface area contributed by atoms with Gasteiger partial charge in [0, 0.05) is 6.61 Å². The number of carbonyl (C=O) groups is 2. The molecule has 1 aliphatic rings. The van der Waals surface area contributed by atoms with Gasteiger partial charge in [-0.05, 0) is 37.5 Å². The smallest absolute Gasteiger partial charge is 0.415 e. The van der Waals surface area contributed by atoms with Crippen LogP contribution in [-0.4, -0.2) is 42.1 Å². The van der Waals surface area contributed by atoms with Crippen LogP contribution >= 0.6 is 12.0 Å². The highest BCUT2D eigenvalue weighted by molar-refractivity contribution is 7.96. The van der Waals surface area contributed by atoms with Crippen LogP contribution < -0.4 is 5.26 Å². The molecule has 0 aromatic heterocycles. The van der Waals surface area contributed by atoms with Crippen molar-refractivity contribution in [3.8, 4) is 0 Å². The van der Waals surface area contributed by atoms with E-state index < -0.39 is 35.8 Å². The van der Waals surface area contributed by atoms with Gasteiger partial charge in [0.05, 0.1) is 6.61 Å². The molecule has 0 aromatic rings. The van der Waals surface area contributed by atoms with Crippen LogP contribution in [0.25, 0.3) is 0 Å². The van der Waals surface area contributed by atoms with E-state index in [4.69, 9.17) is 9.84 Å². The summed E-state index contributed by atoms with van der Waals surface area (Å²) in [5.41, 5.74) is 0. The Morgan fingerprint density at radius 3 is 2.35 bits per heavy atom. The molecule has 1 fully saturated rings. The second-order valence-corrected chi connectivity index (χ2v) is 5.88. The molecule has 1 saturated carbocycles. The van der Waals surface area contributed by atoms with Crippen molar-refractivity contribution in [3.05, 3.63) is 0 Å². The van der Waals surface area contributed by atoms with Crippen LogP contribution in [0.1, 0.15) is 25.7 Å². The largest absolute Gasteiger partial charge is 0.691 e. The third-order valence-electron chi connectivity index (χ3n) is 3.43. The summed E-state index contributed by atoms with van der Waals surface area (Å²) < 4.78 is 38.2. The van der Waals surface area contributed by atoms with Crippen LogP contribution in [0.3, 0.4) is 0 Å². The first-order valence-corrected chi connectivity index (χ1v) is 7.59. The van der Waals surface area contributed by atoms with Crippen molar-refractivity contribution in [1.82, 2.24) is 0 Å². The SMILES string of the molecule is O=C(COC(=O)C(F)(F)SOO[O-])OCC1CCC(CO)CC1. The zero-order chi connectivity index (χ0) is 17.3. The molecule has 134 valence electrons. The Morgan fingerprint density at radius 2 is 1.78 bits per heavy atom. The van der Waals surface area contributed by atoms with Gasteiger partial charge in [0.25, 0.3) is 0 Å². The maximum absolute atomic E-state index is 13.0. The van der Waals surface area contributed by atoms with Gasteiger partial charge < -0.3 is 19.8 Å². The van der Waals surface area contributed by atoms with Crippen LogP contribution in [-0.2, 0) is 28.4 Å². The van der Waals surface area contributed by atoms with Gasteiger partial charge in [-0.15, -0.1) is 0 Å². The van der Waals surface area contributed by atoms with E-state index in [0.717, 1.165) is 25.7 Å². The standard InChI is InChI=1S/C12H18F2O8S/c13-12(14,23-22-21-18)11(17)20-7-10(16)19-6-9-3-1-8(5-15)2-4-9/h8-9,15,18H,1-7H2/p-1. The molecule has 0 atom stereocenters. The minimum absolute atomic E-state index is 0.104. The fourth-order valence-electron chi connectivity index (χ4n) is 2.13. The number of carbonyl (C=O) groups excluding carboxylic acids is 2. The van der Waals surface area contributed by atoms with Crippen LogP contribution in [0.15, 0.2) is 0 Å². The number of ether oxygens (including phenoxy) is 2. The molecule has 0 saturated heterocycles. The Balaban J connectivity index is 2.20. The van der Waals surface area contributed by atoms with Crippen LogP contribution in [0.4, 0.5) is 8.78 Å². The third kappa shape index (κ3) is 7.40. The number of aliphatic hydroxyl groups excluding tert-OH is 1. The molecule has 8 nitrogen and oxygen atoms in total. The molecule has 0 aliphatic heterocycles. The van der Waals surface area contributed by atoms with Crippen molar-refractivity contribution >= 4 is 24.0 Å². The molecule has 1 N–H and O–H groups in total. The Hall–Kier alpha value is -1.01. The minimum Gasteiger partial charge on any atom is -0.691 e. The number of aliphatic hydroxyl groups is 1. The first-order valence-electron chi connectivity index (χ1n) is 6.85. The van der Waals surface area contributed by atoms with E-state index in [0.29, 0.717) is 0 Å². The summed E-state index contributed by atoms with van der Waals surface area (Å²) in [6.07, 6.45) is 3.25. The van der Waals surface area contributed by atoms with Crippen molar-refractivity contribution in [2.24, 2.45) is 11.8 Å². The van der Waals surface area contributed by atoms with Gasteiger partial charge in [0.2, 0.25) is 0 Å². The van der Waals surface area contributed by atoms with Crippen molar-refractivity contribution in [2.75, 3.05) is 19.8 Å². The Kier molecular flexibility index (Phi) is 8.69. The van der Waals surface area contributed by atoms with Crippen molar-refractivity contribution < 1.29 is 47.6 Å². The van der Waals surface area contributed by atoms with Crippen LogP contribution in [0, 0.1) is 11.8 Å². The maximum Gasteiger partial charge on any atom is 0.415 e. The fourth-order valence-corrected chi connectivity index (χ4v) is 2.37. The lowest BCUT2D eigenvalue weighted by Gasteiger charge is -2.26. The number of hydrogen-bond donors (Lipinski definition) is 1. The van der Waals surface area contributed by atoms with E-state index in [2.05, 4.69) is 14.1 Å². The number of rotatable bonds is 9. The lowest BCUT2D eigenvalue weighted by atomic mass is 9.83. The molecule has 0 amide bonds. The lowest BCUT2D eigenvalue weighted by Crippen LogP contribution is -2.30. The van der Waals surface area contributed by atoms with Gasteiger partial charge in [-0.25, -0.2) is 9.59 Å². The highest BCUT2D eigenvalue weighted by Crippen LogP contribution is 2.31. The molecule has 0 radical (unpaired) electrons. The predicted octanol–water partition coefficient (Wildman–Crippen LogP) is 0.336. The van der Waals surface area contributed by atoms with E-state index in [1.807, 2.05) is 0 Å². The summed E-state index contributed by atoms with van der Waals surface area (Å²) in [5.74, 6) is -2.61. The van der Waals surface area contributed by atoms with Gasteiger partial charge in [-0.3, -0.25) is 5.04 Å². The zero-order valence-electron chi connectivity index (χ0n) is 12.1. The third-order valence-corrected chi connectivity index (χ3v) is 3.93. The van der Waals surface area contributed by atoms with Gasteiger partial charge in [0.1, 0.15) is 12.0 Å². The Labute approximate surface area is 135 Å². The van der Waals surface area contributed by atoms with Gasteiger partial charge in [0.15, 0.2) is 6.61 Å². The second kappa shape index (κ2) is 9.98. The number of hydrogen-bond acceptors (Lipinski definition) is 9. The van der Waals surface area contributed by atoms with Gasteiger partial charge >= 0.3 is 17.2 Å². The van der Waals surface area contributed by atoms with Gasteiger partial charge in [-0.2, -0.15) is 13.1 Å². The summed E-state index contributed by atoms with van der Waals surface area (Å²) in [5, 5.41) is 16.9. The van der Waals surface area contributed by atoms with Crippen LogP contribution in [0.2, 0.25) is 0 Å². The van der Waals surface area contributed by atoms with E-state index >= 15 is 0 Å². The monoisotopic (exact) mass is 359 g/mol. The molecule has 1 aliphatic carbocycles. The molecule has 0 spiro atoms. The number of halogens is 2. The van der Waals surface area contributed by atoms with E-state index in [1.54, 1.807) is 0 Å². The van der Waals surface area contributed by atoms with E-state index in [1.165, 1.54) is 0 Å². The number of alkyl halides is 2. The van der Waals surface area contributed by atoms with E-state index in [-0.39, 0.29) is 25.0 Å². The normalized spacial score (nSPS) is 21.7. The molecule has 23 heavy (non-hydrogen) atoms. The molecule has 1 rings (SSSR count). The van der Waals surface area contributed by atoms with Crippen molar-refractivity contribution in [1.29, 1.82) is 0 Å². The summed E-state index contributed by atoms with van der Waals surface area (Å²) >= 11 is -0.838. The molecule has 0 aromatic carbocycles. The van der Waals surface area contributed by atoms with Crippen LogP contribution in [0.5, 0.6) is 0 Å². The highest BCUT2D eigenvalue weighted by atomic mass is 32.2. The summed E-state index contributed by atoms with van der Waals surface area (Å²) in [6, 6.07) is 0. The molecular formula is C12H17F2O8S-. The topological polar surface area (TPSA) is 114 Å². The first kappa shape index (κ1) is 20.0. The average molecular weight is 359 g/mol. The summed E-state index contributed by atoms with van der Waals surface area (Å²) in [7, 11) is 0. The first-order chi connectivity index (χ1) is 10.9. The summed E-state index contributed by atoms with van der Waals surface area (Å²) in [4.78, 5) is 22.3. The quantitative estimate of drug-likeness (QED) is 0.269. The minimum atomic E-state index is -4.19. The Morgan fingerprint density at radius 1 is 1.17 bits per heavy atom. The predicted molar refractivity (Wildman–Crippen MR) is 69.2 cm³/mol. The Bertz CT molecular complexity index is 387. The molecular weight excluding hydrogens is 342 g/mol. The zero-order valence-corrected chi connectivity index (χ0v) is 12.9.